The molecule has 1 aromatic carbocycles. The van der Waals surface area contributed by atoms with Crippen molar-refractivity contribution < 1.29 is 24.3 Å². The van der Waals surface area contributed by atoms with E-state index in [2.05, 4.69) is 10.3 Å². The van der Waals surface area contributed by atoms with Gasteiger partial charge in [-0.05, 0) is 24.5 Å². The lowest BCUT2D eigenvalue weighted by Gasteiger charge is -2.14. The third kappa shape index (κ3) is 4.41. The summed E-state index contributed by atoms with van der Waals surface area (Å²) in [6.45, 7) is 0. The third-order valence-electron chi connectivity index (χ3n) is 3.22. The van der Waals surface area contributed by atoms with Crippen molar-refractivity contribution in [2.24, 2.45) is 0 Å². The van der Waals surface area contributed by atoms with E-state index in [0.717, 1.165) is 16.5 Å². The van der Waals surface area contributed by atoms with Gasteiger partial charge in [0.05, 0.1) is 6.29 Å². The number of aryl methyl sites for hydroxylation is 1. The van der Waals surface area contributed by atoms with Gasteiger partial charge in [0.25, 0.3) is 0 Å². The van der Waals surface area contributed by atoms with Gasteiger partial charge in [0.2, 0.25) is 0 Å². The van der Waals surface area contributed by atoms with Gasteiger partial charge in [0, 0.05) is 17.1 Å². The number of benzene rings is 1. The number of aromatic amines is 1. The smallest absolute Gasteiger partial charge is 0.339 e. The number of H-pyrrole nitrogens is 1. The number of aliphatic carboxylic acids is 1. The summed E-state index contributed by atoms with van der Waals surface area (Å²) in [5.41, 5.74) is 1.96. The fraction of sp³-hybridized carbons (Fsp3) is 0.308. The molecule has 0 bridgehead atoms. The molecule has 0 aliphatic carbocycles. The maximum absolute atomic E-state index is 11.1. The zero-order valence-corrected chi connectivity index (χ0v) is 12.1. The van der Waals surface area contributed by atoms with Gasteiger partial charge in [0.1, 0.15) is 6.04 Å². The molecule has 5 N–H and O–H groups in total. The Kier molecular flexibility index (Phi) is 4.80. The van der Waals surface area contributed by atoms with Crippen LogP contribution in [0, 0.1) is 0 Å². The minimum atomic E-state index is -4.26. The molecule has 1 aromatic heterocycles. The van der Waals surface area contributed by atoms with Crippen LogP contribution in [0.2, 0.25) is 0 Å². The molecule has 114 valence electrons. The van der Waals surface area contributed by atoms with Gasteiger partial charge in [-0.1, -0.05) is 18.2 Å². The number of para-hydroxylation sites is 1. The van der Waals surface area contributed by atoms with Crippen LogP contribution in [0.25, 0.3) is 10.9 Å². The minimum absolute atomic E-state index is 0.247. The number of rotatable bonds is 7. The molecule has 1 heterocycles. The van der Waals surface area contributed by atoms with Crippen molar-refractivity contribution in [3.63, 3.8) is 0 Å². The van der Waals surface area contributed by atoms with Gasteiger partial charge in [-0.25, -0.2) is 0 Å². The van der Waals surface area contributed by atoms with E-state index in [1.54, 1.807) is 0 Å². The van der Waals surface area contributed by atoms with Crippen LogP contribution in [0.1, 0.15) is 12.0 Å². The molecule has 0 saturated heterocycles. The van der Waals surface area contributed by atoms with E-state index in [1.807, 2.05) is 30.5 Å². The van der Waals surface area contributed by atoms with Crippen LogP contribution >= 0.6 is 7.60 Å². The van der Waals surface area contributed by atoms with E-state index in [4.69, 9.17) is 14.9 Å². The second-order valence-electron chi connectivity index (χ2n) is 4.82. The normalized spacial score (nSPS) is 13.4. The summed E-state index contributed by atoms with van der Waals surface area (Å²) in [7, 11) is -4.26. The molecule has 0 spiro atoms. The first-order valence-electron chi connectivity index (χ1n) is 6.42. The molecule has 0 unspecified atom stereocenters. The highest BCUT2D eigenvalue weighted by Crippen LogP contribution is 2.32. The Hall–Kier alpha value is -1.66. The van der Waals surface area contributed by atoms with E-state index in [-0.39, 0.29) is 6.42 Å². The second kappa shape index (κ2) is 6.41. The zero-order chi connectivity index (χ0) is 15.5. The van der Waals surface area contributed by atoms with Gasteiger partial charge >= 0.3 is 13.6 Å². The van der Waals surface area contributed by atoms with Crippen LogP contribution in [0.3, 0.4) is 0 Å². The first-order valence-corrected chi connectivity index (χ1v) is 8.22. The standard InChI is InChI=1S/C13H17N2O5P/c16-13(17)12(15-8-21(18,19)20)6-5-9-7-14-11-4-2-1-3-10(9)11/h1-4,7,12,14-15H,5-6,8H2,(H,16,17)(H2,18,19,20)/t12-/m0/s1. The fourth-order valence-corrected chi connectivity index (χ4v) is 2.64. The van der Waals surface area contributed by atoms with Gasteiger partial charge in [0.15, 0.2) is 0 Å². The molecular weight excluding hydrogens is 295 g/mol. The fourth-order valence-electron chi connectivity index (χ4n) is 2.18. The maximum Gasteiger partial charge on any atom is 0.339 e. The Balaban J connectivity index is 2.01. The molecule has 0 amide bonds. The number of carboxylic acids is 1. The van der Waals surface area contributed by atoms with Crippen LogP contribution in [0.15, 0.2) is 30.5 Å². The number of carboxylic acid groups (broad SMARTS) is 1. The number of hydrogen-bond acceptors (Lipinski definition) is 3. The van der Waals surface area contributed by atoms with Gasteiger partial charge in [-0.3, -0.25) is 14.7 Å². The second-order valence-corrected chi connectivity index (χ2v) is 6.46. The monoisotopic (exact) mass is 312 g/mol. The zero-order valence-electron chi connectivity index (χ0n) is 11.2. The highest BCUT2D eigenvalue weighted by atomic mass is 31.2. The number of fused-ring (bicyclic) bond motifs is 1. The van der Waals surface area contributed by atoms with Crippen LogP contribution in [0.5, 0.6) is 0 Å². The predicted molar refractivity (Wildman–Crippen MR) is 78.1 cm³/mol. The highest BCUT2D eigenvalue weighted by molar-refractivity contribution is 7.51. The SMILES string of the molecule is O=C(O)[C@H](CCc1c[nH]c2ccccc12)NCP(=O)(O)O. The molecule has 7 nitrogen and oxygen atoms in total. The van der Waals surface area contributed by atoms with Crippen molar-refractivity contribution in [1.29, 1.82) is 0 Å². The molecule has 1 atom stereocenters. The van der Waals surface area contributed by atoms with Crippen molar-refractivity contribution >= 4 is 24.5 Å². The van der Waals surface area contributed by atoms with E-state index >= 15 is 0 Å². The van der Waals surface area contributed by atoms with Crippen LogP contribution in [-0.2, 0) is 15.8 Å². The average Bonchev–Trinajstić information content (AvgIpc) is 2.80. The minimum Gasteiger partial charge on any atom is -0.480 e. The summed E-state index contributed by atoms with van der Waals surface area (Å²) in [4.78, 5) is 31.8. The highest BCUT2D eigenvalue weighted by Gasteiger charge is 2.21. The van der Waals surface area contributed by atoms with E-state index in [9.17, 15) is 9.36 Å². The average molecular weight is 312 g/mol. The lowest BCUT2D eigenvalue weighted by molar-refractivity contribution is -0.139. The largest absolute Gasteiger partial charge is 0.480 e. The van der Waals surface area contributed by atoms with E-state index in [1.165, 1.54) is 0 Å². The first-order chi connectivity index (χ1) is 9.87. The van der Waals surface area contributed by atoms with Crippen LogP contribution < -0.4 is 5.32 Å². The summed E-state index contributed by atoms with van der Waals surface area (Å²) in [6.07, 6.45) is 1.93. The molecule has 0 saturated carbocycles. The van der Waals surface area contributed by atoms with E-state index < -0.39 is 25.9 Å². The topological polar surface area (TPSA) is 123 Å². The Morgan fingerprint density at radius 3 is 2.71 bits per heavy atom. The molecule has 2 aromatic rings. The number of carbonyl (C=O) groups is 1. The summed E-state index contributed by atoms with van der Waals surface area (Å²) < 4.78 is 10.8. The number of hydrogen-bond donors (Lipinski definition) is 5. The molecule has 0 radical (unpaired) electrons. The molecule has 21 heavy (non-hydrogen) atoms. The van der Waals surface area contributed by atoms with Gasteiger partial charge < -0.3 is 19.9 Å². The van der Waals surface area contributed by atoms with Crippen molar-refractivity contribution in [1.82, 2.24) is 10.3 Å². The molecule has 2 rings (SSSR count). The van der Waals surface area contributed by atoms with Crippen LogP contribution in [-0.4, -0.2) is 38.2 Å². The van der Waals surface area contributed by atoms with Gasteiger partial charge in [-0.15, -0.1) is 0 Å². The Morgan fingerprint density at radius 1 is 1.33 bits per heavy atom. The lowest BCUT2D eigenvalue weighted by Crippen LogP contribution is -2.37. The van der Waals surface area contributed by atoms with Crippen molar-refractivity contribution in [3.05, 3.63) is 36.0 Å². The van der Waals surface area contributed by atoms with Crippen molar-refractivity contribution in [2.45, 2.75) is 18.9 Å². The summed E-state index contributed by atoms with van der Waals surface area (Å²) in [5, 5.41) is 12.5. The Bertz CT molecular complexity index is 678. The predicted octanol–water partition coefficient (Wildman–Crippen LogP) is 1.28. The Labute approximate surface area is 121 Å². The van der Waals surface area contributed by atoms with E-state index in [0.29, 0.717) is 6.42 Å². The summed E-state index contributed by atoms with van der Waals surface area (Å²) >= 11 is 0. The van der Waals surface area contributed by atoms with Crippen molar-refractivity contribution in [3.8, 4) is 0 Å². The summed E-state index contributed by atoms with van der Waals surface area (Å²) in [6, 6.07) is 6.69. The molecule has 0 aliphatic heterocycles. The maximum atomic E-state index is 11.1. The van der Waals surface area contributed by atoms with Gasteiger partial charge in [-0.2, -0.15) is 0 Å². The van der Waals surface area contributed by atoms with Crippen molar-refractivity contribution in [2.75, 3.05) is 6.29 Å². The lowest BCUT2D eigenvalue weighted by atomic mass is 10.0. The summed E-state index contributed by atoms with van der Waals surface area (Å²) in [5.74, 6) is -1.12. The molecule has 0 fully saturated rings. The number of aromatic nitrogens is 1. The quantitative estimate of drug-likeness (QED) is 0.491. The molecular formula is C13H17N2O5P. The Morgan fingerprint density at radius 2 is 2.05 bits per heavy atom. The molecule has 8 heteroatoms. The van der Waals surface area contributed by atoms with Crippen LogP contribution in [0.4, 0.5) is 0 Å². The third-order valence-corrected chi connectivity index (χ3v) is 3.81. The first kappa shape index (κ1) is 15.7. The molecule has 0 aliphatic rings. The number of nitrogens with one attached hydrogen (secondary N) is 2.